The second kappa shape index (κ2) is 6.14. The molecule has 4 heteroatoms. The molecule has 2 aromatic rings. The first kappa shape index (κ1) is 14.0. The number of hydrogen-bond acceptors (Lipinski definition) is 1. The fourth-order valence-electron chi connectivity index (χ4n) is 1.90. The molecule has 0 N–H and O–H groups in total. The van der Waals surface area contributed by atoms with E-state index in [2.05, 4.69) is 22.9 Å². The Balaban J connectivity index is 2.16. The van der Waals surface area contributed by atoms with Gasteiger partial charge in [0.2, 0.25) is 0 Å². The minimum Gasteiger partial charge on any atom is -0.469 e. The SMILES string of the molecule is CCc1occc1C(Br)Cc1ccc(Cl)c(Cl)c1. The molecule has 0 fully saturated rings. The molecule has 1 atom stereocenters. The molecular weight excluding hydrogens is 335 g/mol. The lowest BCUT2D eigenvalue weighted by atomic mass is 10.0. The third-order valence-electron chi connectivity index (χ3n) is 2.84. The van der Waals surface area contributed by atoms with Crippen LogP contribution in [0, 0.1) is 0 Å². The predicted octanol–water partition coefficient (Wildman–Crippen LogP) is 5.83. The molecule has 0 aliphatic heterocycles. The Kier molecular flexibility index (Phi) is 4.77. The smallest absolute Gasteiger partial charge is 0.107 e. The van der Waals surface area contributed by atoms with Gasteiger partial charge in [-0.05, 0) is 30.2 Å². The van der Waals surface area contributed by atoms with Crippen molar-refractivity contribution < 1.29 is 4.42 Å². The Morgan fingerprint density at radius 3 is 2.67 bits per heavy atom. The Morgan fingerprint density at radius 2 is 2.00 bits per heavy atom. The van der Waals surface area contributed by atoms with Crippen LogP contribution in [0.5, 0.6) is 0 Å². The van der Waals surface area contributed by atoms with Crippen LogP contribution in [0.15, 0.2) is 34.9 Å². The van der Waals surface area contributed by atoms with E-state index in [1.54, 1.807) is 6.26 Å². The summed E-state index contributed by atoms with van der Waals surface area (Å²) >= 11 is 15.6. The van der Waals surface area contributed by atoms with Gasteiger partial charge < -0.3 is 4.42 Å². The van der Waals surface area contributed by atoms with Gasteiger partial charge in [0.1, 0.15) is 5.76 Å². The van der Waals surface area contributed by atoms with E-state index in [1.807, 2.05) is 24.3 Å². The number of rotatable bonds is 4. The summed E-state index contributed by atoms with van der Waals surface area (Å²) in [5.41, 5.74) is 2.35. The predicted molar refractivity (Wildman–Crippen MR) is 79.9 cm³/mol. The summed E-state index contributed by atoms with van der Waals surface area (Å²) in [6.45, 7) is 2.08. The van der Waals surface area contributed by atoms with Crippen molar-refractivity contribution in [2.24, 2.45) is 0 Å². The maximum atomic E-state index is 6.01. The number of alkyl halides is 1. The van der Waals surface area contributed by atoms with Crippen LogP contribution in [0.4, 0.5) is 0 Å². The molecule has 0 bridgehead atoms. The molecule has 1 nitrogen and oxygen atoms in total. The fraction of sp³-hybridized carbons (Fsp3) is 0.286. The number of aryl methyl sites for hydroxylation is 1. The van der Waals surface area contributed by atoms with Gasteiger partial charge in [0.25, 0.3) is 0 Å². The highest BCUT2D eigenvalue weighted by molar-refractivity contribution is 9.09. The summed E-state index contributed by atoms with van der Waals surface area (Å²) in [4.78, 5) is 0.225. The topological polar surface area (TPSA) is 13.1 Å². The lowest BCUT2D eigenvalue weighted by Crippen LogP contribution is -1.97. The van der Waals surface area contributed by atoms with Crippen LogP contribution in [-0.2, 0) is 12.8 Å². The molecule has 0 saturated heterocycles. The molecule has 0 aliphatic carbocycles. The van der Waals surface area contributed by atoms with Crippen LogP contribution in [0.3, 0.4) is 0 Å². The molecule has 1 heterocycles. The lowest BCUT2D eigenvalue weighted by molar-refractivity contribution is 0.511. The molecule has 2 rings (SSSR count). The quantitative estimate of drug-likeness (QED) is 0.634. The van der Waals surface area contributed by atoms with Crippen LogP contribution < -0.4 is 0 Å². The van der Waals surface area contributed by atoms with Crippen LogP contribution >= 0.6 is 39.1 Å². The van der Waals surface area contributed by atoms with Gasteiger partial charge in [-0.3, -0.25) is 0 Å². The first-order chi connectivity index (χ1) is 8.61. The molecule has 0 radical (unpaired) electrons. The second-order valence-corrected chi connectivity index (χ2v) is 5.99. The molecule has 1 aromatic heterocycles. The lowest BCUT2D eigenvalue weighted by Gasteiger charge is -2.10. The van der Waals surface area contributed by atoms with Crippen molar-refractivity contribution in [3.05, 3.63) is 57.5 Å². The second-order valence-electron chi connectivity index (χ2n) is 4.07. The zero-order valence-electron chi connectivity index (χ0n) is 9.92. The third-order valence-corrected chi connectivity index (χ3v) is 4.39. The van der Waals surface area contributed by atoms with Crippen molar-refractivity contribution >= 4 is 39.1 Å². The van der Waals surface area contributed by atoms with E-state index in [4.69, 9.17) is 27.6 Å². The summed E-state index contributed by atoms with van der Waals surface area (Å²) < 4.78 is 5.44. The van der Waals surface area contributed by atoms with E-state index >= 15 is 0 Å². The maximum absolute atomic E-state index is 6.01. The summed E-state index contributed by atoms with van der Waals surface area (Å²) in [7, 11) is 0. The van der Waals surface area contributed by atoms with E-state index in [1.165, 1.54) is 5.56 Å². The maximum Gasteiger partial charge on any atom is 0.107 e. The van der Waals surface area contributed by atoms with Gasteiger partial charge in [-0.1, -0.05) is 52.1 Å². The van der Waals surface area contributed by atoms with E-state index in [0.717, 1.165) is 24.2 Å². The summed E-state index contributed by atoms with van der Waals surface area (Å²) in [5, 5.41) is 1.18. The van der Waals surface area contributed by atoms with E-state index < -0.39 is 0 Å². The molecule has 0 spiro atoms. The van der Waals surface area contributed by atoms with Crippen molar-refractivity contribution in [2.75, 3.05) is 0 Å². The average molecular weight is 348 g/mol. The molecule has 96 valence electrons. The highest BCUT2D eigenvalue weighted by Crippen LogP contribution is 2.32. The molecule has 0 aliphatic rings. The van der Waals surface area contributed by atoms with Gasteiger partial charge in [0, 0.05) is 16.8 Å². The zero-order chi connectivity index (χ0) is 13.1. The van der Waals surface area contributed by atoms with Crippen molar-refractivity contribution in [3.63, 3.8) is 0 Å². The largest absolute Gasteiger partial charge is 0.469 e. The summed E-state index contributed by atoms with van der Waals surface area (Å²) in [6.07, 6.45) is 3.48. The molecular formula is C14H13BrCl2O. The standard InChI is InChI=1S/C14H13BrCl2O/c1-2-14-10(5-6-18-14)11(15)7-9-3-4-12(16)13(17)8-9/h3-6,8,11H,2,7H2,1H3. The van der Waals surface area contributed by atoms with Crippen molar-refractivity contribution in [3.8, 4) is 0 Å². The summed E-state index contributed by atoms with van der Waals surface area (Å²) in [5.74, 6) is 1.02. The minimum absolute atomic E-state index is 0.225. The van der Waals surface area contributed by atoms with Crippen molar-refractivity contribution in [1.29, 1.82) is 0 Å². The Morgan fingerprint density at radius 1 is 1.22 bits per heavy atom. The highest BCUT2D eigenvalue weighted by atomic mass is 79.9. The number of halogens is 3. The van der Waals surface area contributed by atoms with E-state index in [0.29, 0.717) is 10.0 Å². The summed E-state index contributed by atoms with van der Waals surface area (Å²) in [6, 6.07) is 7.74. The van der Waals surface area contributed by atoms with Gasteiger partial charge in [0.05, 0.1) is 16.3 Å². The van der Waals surface area contributed by atoms with Gasteiger partial charge >= 0.3 is 0 Å². The Labute approximate surface area is 125 Å². The number of hydrogen-bond donors (Lipinski definition) is 0. The zero-order valence-corrected chi connectivity index (χ0v) is 13.0. The van der Waals surface area contributed by atoms with Crippen LogP contribution in [0.2, 0.25) is 10.0 Å². The molecule has 0 amide bonds. The van der Waals surface area contributed by atoms with Crippen LogP contribution in [-0.4, -0.2) is 0 Å². The molecule has 1 unspecified atom stereocenters. The molecule has 1 aromatic carbocycles. The van der Waals surface area contributed by atoms with Crippen molar-refractivity contribution in [2.45, 2.75) is 24.6 Å². The van der Waals surface area contributed by atoms with Crippen LogP contribution in [0.1, 0.15) is 28.6 Å². The van der Waals surface area contributed by atoms with Gasteiger partial charge in [-0.2, -0.15) is 0 Å². The first-order valence-corrected chi connectivity index (χ1v) is 7.43. The highest BCUT2D eigenvalue weighted by Gasteiger charge is 2.15. The van der Waals surface area contributed by atoms with Crippen molar-refractivity contribution in [1.82, 2.24) is 0 Å². The average Bonchev–Trinajstić information content (AvgIpc) is 2.82. The number of benzene rings is 1. The van der Waals surface area contributed by atoms with Gasteiger partial charge in [-0.25, -0.2) is 0 Å². The Bertz CT molecular complexity index is 536. The Hall–Kier alpha value is -0.440. The molecule has 0 saturated carbocycles. The van der Waals surface area contributed by atoms with E-state index in [-0.39, 0.29) is 4.83 Å². The third kappa shape index (κ3) is 3.11. The van der Waals surface area contributed by atoms with Gasteiger partial charge in [-0.15, -0.1) is 0 Å². The minimum atomic E-state index is 0.225. The first-order valence-electron chi connectivity index (χ1n) is 5.76. The normalized spacial score (nSPS) is 12.7. The molecule has 18 heavy (non-hydrogen) atoms. The number of furan rings is 1. The van der Waals surface area contributed by atoms with Gasteiger partial charge in [0.15, 0.2) is 0 Å². The fourth-order valence-corrected chi connectivity index (χ4v) is 3.00. The van der Waals surface area contributed by atoms with Crippen LogP contribution in [0.25, 0.3) is 0 Å². The van der Waals surface area contributed by atoms with E-state index in [9.17, 15) is 0 Å². The monoisotopic (exact) mass is 346 g/mol.